The molecule has 0 amide bonds. The minimum atomic E-state index is -3.47. The number of hydrogen-bond donors (Lipinski definition) is 2. The number of fused-ring (bicyclic) bond motifs is 1. The molecule has 4 aromatic rings. The maximum absolute atomic E-state index is 15.0. The zero-order chi connectivity index (χ0) is 19.0. The van der Waals surface area contributed by atoms with Gasteiger partial charge in [-0.2, -0.15) is 13.9 Å². The first-order chi connectivity index (χ1) is 13.0. The van der Waals surface area contributed by atoms with Crippen LogP contribution in [0.1, 0.15) is 23.2 Å². The lowest BCUT2D eigenvalue weighted by molar-refractivity contribution is 0.0333. The number of anilines is 2. The molecule has 0 aliphatic rings. The van der Waals surface area contributed by atoms with Gasteiger partial charge in [0.05, 0.1) is 10.2 Å². The van der Waals surface area contributed by atoms with Crippen molar-refractivity contribution in [1.82, 2.24) is 20.2 Å². The number of aromatic nitrogens is 4. The van der Waals surface area contributed by atoms with Crippen LogP contribution in [-0.4, -0.2) is 20.2 Å². The molecule has 0 saturated heterocycles. The van der Waals surface area contributed by atoms with E-state index in [-0.39, 0.29) is 11.4 Å². The van der Waals surface area contributed by atoms with E-state index in [0.29, 0.717) is 16.0 Å². The highest BCUT2D eigenvalue weighted by atomic mass is 32.1. The lowest BCUT2D eigenvalue weighted by Crippen LogP contribution is -2.20. The molecule has 0 atom stereocenters. The molecule has 1 aromatic carbocycles. The van der Waals surface area contributed by atoms with Gasteiger partial charge < -0.3 is 5.32 Å². The molecule has 2 N–H and O–H groups in total. The summed E-state index contributed by atoms with van der Waals surface area (Å²) >= 11 is 1.44. The molecule has 5 nitrogen and oxygen atoms in total. The average Bonchev–Trinajstić information content (AvgIpc) is 3.31. The summed E-state index contributed by atoms with van der Waals surface area (Å²) in [7, 11) is 0. The van der Waals surface area contributed by atoms with Gasteiger partial charge in [-0.15, -0.1) is 11.3 Å². The summed E-state index contributed by atoms with van der Waals surface area (Å²) in [6.07, 6.45) is 2.37. The number of halogens is 3. The Bertz CT molecular complexity index is 1070. The molecule has 27 heavy (non-hydrogen) atoms. The molecule has 4 rings (SSSR count). The lowest BCUT2D eigenvalue weighted by Gasteiger charge is -2.16. The van der Waals surface area contributed by atoms with Gasteiger partial charge in [-0.1, -0.05) is 6.92 Å². The van der Waals surface area contributed by atoms with Crippen LogP contribution in [0, 0.1) is 5.82 Å². The molecule has 0 unspecified atom stereocenters. The first-order valence-corrected chi connectivity index (χ1v) is 9.00. The molecule has 0 aliphatic heterocycles. The van der Waals surface area contributed by atoms with Crippen molar-refractivity contribution in [3.05, 3.63) is 64.7 Å². The summed E-state index contributed by atoms with van der Waals surface area (Å²) in [5, 5.41) is 9.60. The zero-order valence-corrected chi connectivity index (χ0v) is 14.9. The van der Waals surface area contributed by atoms with Crippen molar-refractivity contribution < 1.29 is 13.2 Å². The van der Waals surface area contributed by atoms with Crippen molar-refractivity contribution in [2.24, 2.45) is 0 Å². The predicted octanol–water partition coefficient (Wildman–Crippen LogP) is 5.00. The van der Waals surface area contributed by atoms with Crippen LogP contribution in [0.25, 0.3) is 10.2 Å². The molecule has 9 heteroatoms. The number of aromatic amines is 1. The fourth-order valence-corrected chi connectivity index (χ4v) is 3.60. The zero-order valence-electron chi connectivity index (χ0n) is 14.1. The van der Waals surface area contributed by atoms with Crippen molar-refractivity contribution in [3.63, 3.8) is 0 Å². The number of alkyl halides is 2. The van der Waals surface area contributed by atoms with E-state index in [4.69, 9.17) is 0 Å². The topological polar surface area (TPSA) is 66.5 Å². The number of nitrogens with one attached hydrogen (secondary N) is 2. The smallest absolute Gasteiger partial charge is 0.322 e. The van der Waals surface area contributed by atoms with Crippen molar-refractivity contribution in [2.45, 2.75) is 19.3 Å². The quantitative estimate of drug-likeness (QED) is 0.504. The second kappa shape index (κ2) is 6.66. The Morgan fingerprint density at radius 3 is 2.59 bits per heavy atom. The van der Waals surface area contributed by atoms with Gasteiger partial charge in [0, 0.05) is 22.7 Å². The predicted molar refractivity (Wildman–Crippen MR) is 98.1 cm³/mol. The van der Waals surface area contributed by atoms with Gasteiger partial charge in [-0.25, -0.2) is 14.4 Å². The first kappa shape index (κ1) is 17.5. The molecular weight excluding hydrogens is 375 g/mol. The van der Waals surface area contributed by atoms with E-state index in [0.717, 1.165) is 35.6 Å². The van der Waals surface area contributed by atoms with Crippen LogP contribution in [0.2, 0.25) is 0 Å². The minimum Gasteiger partial charge on any atom is -0.322 e. The number of rotatable bonds is 5. The highest BCUT2D eigenvalue weighted by molar-refractivity contribution is 7.19. The monoisotopic (exact) mass is 389 g/mol. The maximum atomic E-state index is 15.0. The van der Waals surface area contributed by atoms with Gasteiger partial charge >= 0.3 is 5.92 Å². The highest BCUT2D eigenvalue weighted by Crippen LogP contribution is 2.38. The summed E-state index contributed by atoms with van der Waals surface area (Å²) in [5.41, 5.74) is 0.0570. The molecular formula is C18H14F3N5S. The molecule has 0 radical (unpaired) electrons. The molecule has 138 valence electrons. The van der Waals surface area contributed by atoms with E-state index >= 15 is 8.78 Å². The summed E-state index contributed by atoms with van der Waals surface area (Å²) in [4.78, 5) is 9.18. The van der Waals surface area contributed by atoms with Crippen LogP contribution in [0.3, 0.4) is 0 Å². The van der Waals surface area contributed by atoms with Gasteiger partial charge in [0.25, 0.3) is 0 Å². The Morgan fingerprint density at radius 1 is 1.15 bits per heavy atom. The van der Waals surface area contributed by atoms with Crippen LogP contribution >= 0.6 is 11.3 Å². The van der Waals surface area contributed by atoms with Crippen LogP contribution in [0.5, 0.6) is 0 Å². The van der Waals surface area contributed by atoms with Gasteiger partial charge in [0.15, 0.2) is 11.6 Å². The van der Waals surface area contributed by atoms with Crippen molar-refractivity contribution in [3.8, 4) is 0 Å². The number of H-pyrrole nitrogens is 1. The third-order valence-corrected chi connectivity index (χ3v) is 5.28. The van der Waals surface area contributed by atoms with Crippen molar-refractivity contribution >= 4 is 33.2 Å². The fraction of sp³-hybridized carbons (Fsp3) is 0.167. The van der Waals surface area contributed by atoms with Crippen LogP contribution in [-0.2, 0) is 12.3 Å². The normalized spacial score (nSPS) is 11.9. The van der Waals surface area contributed by atoms with Gasteiger partial charge in [0.1, 0.15) is 5.82 Å². The number of hydrogen-bond acceptors (Lipinski definition) is 5. The summed E-state index contributed by atoms with van der Waals surface area (Å²) in [6.45, 7) is 1.98. The number of benzene rings is 1. The highest BCUT2D eigenvalue weighted by Gasteiger charge is 2.38. The Hall–Kier alpha value is -2.94. The van der Waals surface area contributed by atoms with Crippen LogP contribution in [0.4, 0.5) is 24.8 Å². The second-order valence-electron chi connectivity index (χ2n) is 5.84. The first-order valence-electron chi connectivity index (χ1n) is 8.19. The van der Waals surface area contributed by atoms with E-state index in [1.165, 1.54) is 11.3 Å². The van der Waals surface area contributed by atoms with E-state index in [9.17, 15) is 4.39 Å². The summed E-state index contributed by atoms with van der Waals surface area (Å²) in [5.74, 6) is -4.00. The number of thiophene rings is 1. The Labute approximate surface area is 156 Å². The Balaban J connectivity index is 1.86. The van der Waals surface area contributed by atoms with Gasteiger partial charge in [0.2, 0.25) is 5.82 Å². The van der Waals surface area contributed by atoms with Crippen LogP contribution in [0.15, 0.2) is 42.6 Å². The molecule has 0 saturated carbocycles. The van der Waals surface area contributed by atoms with E-state index in [2.05, 4.69) is 25.5 Å². The van der Waals surface area contributed by atoms with E-state index < -0.39 is 17.6 Å². The third kappa shape index (κ3) is 3.25. The molecule has 0 aliphatic carbocycles. The largest absolute Gasteiger partial charge is 0.331 e. The van der Waals surface area contributed by atoms with Crippen molar-refractivity contribution in [1.29, 1.82) is 0 Å². The average molecular weight is 389 g/mol. The van der Waals surface area contributed by atoms with Gasteiger partial charge in [-0.3, -0.25) is 5.10 Å². The van der Waals surface area contributed by atoms with E-state index in [1.54, 1.807) is 18.3 Å². The number of nitrogens with zero attached hydrogens (tertiary/aromatic N) is 3. The molecule has 0 spiro atoms. The SMILES string of the molecule is CCc1cc2nc(C(F)(F)c3ccc(F)cc3)nc(Nc3cc[nH]n3)c2s1. The molecule has 3 heterocycles. The standard InChI is InChI=1S/C18H14F3N5S/c1-2-12-9-13-15(27-12)16(24-14-7-8-22-26-14)25-17(23-13)18(20,21)10-3-5-11(19)6-4-10/h3-9H,2H2,1H3,(H2,22,23,24,25,26). The van der Waals surface area contributed by atoms with E-state index in [1.807, 2.05) is 6.92 Å². The summed E-state index contributed by atoms with van der Waals surface area (Å²) in [6, 6.07) is 7.50. The Kier molecular flexibility index (Phi) is 4.31. The van der Waals surface area contributed by atoms with Crippen molar-refractivity contribution in [2.75, 3.05) is 5.32 Å². The maximum Gasteiger partial charge on any atom is 0.331 e. The molecule has 3 aromatic heterocycles. The van der Waals surface area contributed by atoms with Crippen LogP contribution < -0.4 is 5.32 Å². The Morgan fingerprint density at radius 2 is 1.93 bits per heavy atom. The second-order valence-corrected chi connectivity index (χ2v) is 6.98. The molecule has 0 fully saturated rings. The minimum absolute atomic E-state index is 0.258. The molecule has 0 bridgehead atoms. The lowest BCUT2D eigenvalue weighted by atomic mass is 10.1. The van der Waals surface area contributed by atoms with Gasteiger partial charge in [-0.05, 0) is 36.8 Å². The fourth-order valence-electron chi connectivity index (χ4n) is 2.62. The summed E-state index contributed by atoms with van der Waals surface area (Å²) < 4.78 is 43.8. The third-order valence-electron chi connectivity index (χ3n) is 4.01. The number of aryl methyl sites for hydroxylation is 1.